The summed E-state index contributed by atoms with van der Waals surface area (Å²) in [5, 5.41) is 1.30. The van der Waals surface area contributed by atoms with Gasteiger partial charge >= 0.3 is 269 Å². The standard InChI is InChI=1S/C39H43N5Si.C7H8/c1-38(2,3)42-37(31-21-11-7-12-22-31)43(39(4,5)6)45(42,41(32-23-13-8-14-24-32)33-25-15-9-16-26-33)36-30-20-19-29-35(36)40-44(45)34-27-17-10-18-28-34;1-7-5-3-2-4-6-7/h7-30,40H,1-6H3;2-6H,1H3. The number of hydrazine groups is 1. The van der Waals surface area contributed by atoms with Gasteiger partial charge in [0.25, 0.3) is 0 Å². The Morgan fingerprint density at radius 3 is 1.44 bits per heavy atom. The van der Waals surface area contributed by atoms with E-state index in [-0.39, 0.29) is 11.1 Å². The van der Waals surface area contributed by atoms with Gasteiger partial charge in [0, 0.05) is 0 Å². The number of hydrogen-bond acceptors (Lipinski definition) is 4. The monoisotopic (exact) mass is 701 g/mol. The normalized spacial score (nSPS) is 16.4. The summed E-state index contributed by atoms with van der Waals surface area (Å²) in [5.74, 6) is 1.24. The van der Waals surface area contributed by atoms with Gasteiger partial charge in [0.1, 0.15) is 0 Å². The Hall–Kier alpha value is -5.59. The zero-order valence-corrected chi connectivity index (χ0v) is 32.5. The van der Waals surface area contributed by atoms with Crippen LogP contribution in [0.4, 0.5) is 22.7 Å². The molecule has 1 N–H and O–H groups in total. The number of anilines is 4. The zero-order valence-electron chi connectivity index (χ0n) is 31.5. The number of nitrogens with one attached hydrogen (secondary N) is 1. The number of rotatable bonds is 5. The van der Waals surface area contributed by atoms with Crippen LogP contribution in [0.1, 0.15) is 52.7 Å². The summed E-state index contributed by atoms with van der Waals surface area (Å²) in [6.45, 7) is 16.3. The second-order valence-electron chi connectivity index (χ2n) is 15.7. The third-order valence-electron chi connectivity index (χ3n) is 10.1. The summed E-state index contributed by atoms with van der Waals surface area (Å²) in [6, 6.07) is 63.1. The van der Waals surface area contributed by atoms with E-state index in [1.165, 1.54) is 22.1 Å². The van der Waals surface area contributed by atoms with Gasteiger partial charge in [-0.3, -0.25) is 0 Å². The molecular formula is C46H51N5Si. The molecule has 2 aliphatic rings. The van der Waals surface area contributed by atoms with Crippen molar-refractivity contribution in [1.29, 1.82) is 0 Å². The average Bonchev–Trinajstić information content (AvgIpc) is 3.45. The van der Waals surface area contributed by atoms with Crippen molar-refractivity contribution in [3.05, 3.63) is 187 Å². The van der Waals surface area contributed by atoms with E-state index in [0.29, 0.717) is 0 Å². The molecule has 2 aliphatic heterocycles. The van der Waals surface area contributed by atoms with Crippen molar-refractivity contribution in [3.63, 3.8) is 0 Å². The molecule has 6 aromatic rings. The van der Waals surface area contributed by atoms with E-state index >= 15 is 0 Å². The van der Waals surface area contributed by atoms with Crippen molar-refractivity contribution in [3.8, 4) is 0 Å². The van der Waals surface area contributed by atoms with E-state index in [2.05, 4.69) is 230 Å². The number of aryl methyl sites for hydroxylation is 1. The van der Waals surface area contributed by atoms with Gasteiger partial charge in [-0.2, -0.15) is 0 Å². The SMILES string of the molecule is CC(C)(C)N1C(c2ccccc2)=[N+](C(C)(C)C)[Si-]12(N(c1ccccc1)c1ccccc1)c1ccccc1NN2c1ccccc1.Cc1ccccc1. The molecule has 0 amide bonds. The fourth-order valence-corrected chi connectivity index (χ4v) is 17.6. The Labute approximate surface area is 310 Å². The first kappa shape index (κ1) is 34.8. The number of nitrogens with zero attached hydrogens (tertiary/aromatic N) is 4. The predicted molar refractivity (Wildman–Crippen MR) is 223 cm³/mol. The summed E-state index contributed by atoms with van der Waals surface area (Å²) in [6.07, 6.45) is 0. The molecule has 1 spiro atoms. The van der Waals surface area contributed by atoms with Crippen LogP contribution in [0.3, 0.4) is 0 Å². The van der Waals surface area contributed by atoms with E-state index in [4.69, 9.17) is 0 Å². The quantitative estimate of drug-likeness (QED) is 0.181. The third-order valence-corrected chi connectivity index (χ3v) is 17.4. The molecule has 52 heavy (non-hydrogen) atoms. The fraction of sp³-hybridized carbons (Fsp3) is 0.196. The summed E-state index contributed by atoms with van der Waals surface area (Å²) < 4.78 is 10.9. The van der Waals surface area contributed by atoms with Crippen LogP contribution in [0.2, 0.25) is 0 Å². The first-order valence-corrected chi connectivity index (χ1v) is 20.6. The van der Waals surface area contributed by atoms with E-state index in [0.717, 1.165) is 22.7 Å². The molecule has 5 nitrogen and oxygen atoms in total. The Bertz CT molecular complexity index is 2120. The van der Waals surface area contributed by atoms with Crippen molar-refractivity contribution in [1.82, 2.24) is 4.57 Å². The Morgan fingerprint density at radius 1 is 0.538 bits per heavy atom. The maximum absolute atomic E-state index is 4.40. The van der Waals surface area contributed by atoms with E-state index < -0.39 is 8.00 Å². The molecule has 2 heterocycles. The Balaban J connectivity index is 0.000000539. The maximum Gasteiger partial charge on any atom is -0.0398 e. The fourth-order valence-electron chi connectivity index (χ4n) is 8.63. The average molecular weight is 702 g/mol. The predicted octanol–water partition coefficient (Wildman–Crippen LogP) is 10.3. The number of fused-ring (bicyclic) bond motifs is 2. The van der Waals surface area contributed by atoms with Crippen LogP contribution < -0.4 is 19.9 Å². The summed E-state index contributed by atoms with van der Waals surface area (Å²) in [7, 11) is -4.40. The zero-order chi connectivity index (χ0) is 36.6. The van der Waals surface area contributed by atoms with E-state index in [9.17, 15) is 0 Å². The molecule has 0 saturated heterocycles. The number of benzene rings is 6. The second kappa shape index (κ2) is 13.2. The van der Waals surface area contributed by atoms with Crippen LogP contribution in [0.15, 0.2) is 176 Å². The Kier molecular flexibility index (Phi) is 8.83. The summed E-state index contributed by atoms with van der Waals surface area (Å²) >= 11 is 0. The molecule has 0 aromatic heterocycles. The Morgan fingerprint density at radius 2 is 0.981 bits per heavy atom. The minimum atomic E-state index is -4.40. The molecule has 0 bridgehead atoms. The van der Waals surface area contributed by atoms with Crippen molar-refractivity contribution >= 4 is 41.8 Å². The molecule has 0 saturated carbocycles. The van der Waals surface area contributed by atoms with Gasteiger partial charge in [0.2, 0.25) is 0 Å². The van der Waals surface area contributed by atoms with E-state index in [1.807, 2.05) is 18.2 Å². The van der Waals surface area contributed by atoms with Crippen LogP contribution >= 0.6 is 0 Å². The van der Waals surface area contributed by atoms with Crippen molar-refractivity contribution in [2.75, 3.05) is 14.7 Å². The van der Waals surface area contributed by atoms with Crippen LogP contribution in [0.5, 0.6) is 0 Å². The molecule has 6 aromatic carbocycles. The molecular weight excluding hydrogens is 651 g/mol. The number of hydrogen-bond donors (Lipinski definition) is 1. The van der Waals surface area contributed by atoms with Crippen molar-refractivity contribution in [2.24, 2.45) is 0 Å². The van der Waals surface area contributed by atoms with Gasteiger partial charge in [-0.25, -0.2) is 0 Å². The minimum absolute atomic E-state index is 0.297. The first-order valence-electron chi connectivity index (χ1n) is 18.3. The van der Waals surface area contributed by atoms with Gasteiger partial charge in [0.05, 0.1) is 0 Å². The van der Waals surface area contributed by atoms with Crippen LogP contribution in [0, 0.1) is 6.92 Å². The molecule has 0 fully saturated rings. The molecule has 0 aliphatic carbocycles. The smallest absolute Gasteiger partial charge is 0.0398 e. The molecule has 264 valence electrons. The van der Waals surface area contributed by atoms with Crippen molar-refractivity contribution < 1.29 is 4.24 Å². The third kappa shape index (κ3) is 5.32. The largest absolute Gasteiger partial charge is 0.0622 e. The minimum Gasteiger partial charge on any atom is -0.0622 e. The van der Waals surface area contributed by atoms with Gasteiger partial charge in [-0.15, -0.1) is 0 Å². The van der Waals surface area contributed by atoms with Gasteiger partial charge in [-0.05, 0) is 6.92 Å². The van der Waals surface area contributed by atoms with Gasteiger partial charge in [-0.1, -0.05) is 35.9 Å². The molecule has 0 radical (unpaired) electrons. The van der Waals surface area contributed by atoms with Gasteiger partial charge < -0.3 is 0 Å². The second-order valence-corrected chi connectivity index (χ2v) is 20.2. The van der Waals surface area contributed by atoms with Crippen LogP contribution in [-0.2, 0) is 0 Å². The first-order chi connectivity index (χ1) is 25.0. The summed E-state index contributed by atoms with van der Waals surface area (Å²) in [5.41, 5.74) is 10.5. The maximum atomic E-state index is 4.04. The molecule has 6 heteroatoms. The number of amidine groups is 1. The summed E-state index contributed by atoms with van der Waals surface area (Å²) in [4.78, 5) is 0. The molecule has 8 rings (SSSR count). The van der Waals surface area contributed by atoms with Crippen LogP contribution in [-0.4, -0.2) is 33.7 Å². The van der Waals surface area contributed by atoms with E-state index in [1.54, 1.807) is 0 Å². The topological polar surface area (TPSA) is 24.8 Å². The van der Waals surface area contributed by atoms with Gasteiger partial charge in [0.15, 0.2) is 0 Å². The molecule has 0 atom stereocenters. The van der Waals surface area contributed by atoms with Crippen molar-refractivity contribution in [2.45, 2.75) is 59.5 Å². The number of para-hydroxylation sites is 4. The molecule has 0 unspecified atom stereocenters. The van der Waals surface area contributed by atoms with Crippen LogP contribution in [0.25, 0.3) is 0 Å².